The third-order valence-electron chi connectivity index (χ3n) is 2.41. The van der Waals surface area contributed by atoms with E-state index < -0.39 is 0 Å². The van der Waals surface area contributed by atoms with Crippen LogP contribution < -0.4 is 5.56 Å². The van der Waals surface area contributed by atoms with Crippen LogP contribution >= 0.6 is 11.8 Å². The minimum Gasteiger partial charge on any atom is -0.301 e. The number of pyridine rings is 1. The first-order chi connectivity index (χ1) is 8.19. The SMILES string of the molecule is CSc1ncc(Cc2ccc(C)nc2)c(=O)[nH]1. The van der Waals surface area contributed by atoms with Crippen LogP contribution in [0.5, 0.6) is 0 Å². The van der Waals surface area contributed by atoms with Gasteiger partial charge in [0.1, 0.15) is 0 Å². The molecule has 0 aliphatic carbocycles. The number of H-pyrrole nitrogens is 1. The molecule has 17 heavy (non-hydrogen) atoms. The minimum atomic E-state index is -0.0788. The van der Waals surface area contributed by atoms with E-state index in [1.807, 2.05) is 25.3 Å². The van der Waals surface area contributed by atoms with Crippen molar-refractivity contribution in [3.05, 3.63) is 51.7 Å². The molecule has 2 rings (SSSR count). The number of hydrogen-bond acceptors (Lipinski definition) is 4. The number of hydrogen-bond donors (Lipinski definition) is 1. The summed E-state index contributed by atoms with van der Waals surface area (Å²) < 4.78 is 0. The Hall–Kier alpha value is -1.62. The molecule has 0 aliphatic heterocycles. The highest BCUT2D eigenvalue weighted by molar-refractivity contribution is 7.98. The van der Waals surface area contributed by atoms with Gasteiger partial charge in [0.05, 0.1) is 0 Å². The molecule has 0 spiro atoms. The first kappa shape index (κ1) is 11.9. The highest BCUT2D eigenvalue weighted by Crippen LogP contribution is 2.07. The van der Waals surface area contributed by atoms with Gasteiger partial charge >= 0.3 is 0 Å². The van der Waals surface area contributed by atoms with Crippen molar-refractivity contribution in [2.45, 2.75) is 18.5 Å². The standard InChI is InChI=1S/C12H13N3OS/c1-8-3-4-9(6-13-8)5-10-7-14-12(17-2)15-11(10)16/h3-4,6-7H,5H2,1-2H3,(H,14,15,16). The van der Waals surface area contributed by atoms with Gasteiger partial charge in [0, 0.05) is 30.1 Å². The van der Waals surface area contributed by atoms with E-state index in [1.165, 1.54) is 11.8 Å². The smallest absolute Gasteiger partial charge is 0.255 e. The zero-order valence-electron chi connectivity index (χ0n) is 9.73. The van der Waals surface area contributed by atoms with E-state index >= 15 is 0 Å². The number of aromatic nitrogens is 3. The van der Waals surface area contributed by atoms with Gasteiger partial charge in [-0.25, -0.2) is 4.98 Å². The summed E-state index contributed by atoms with van der Waals surface area (Å²) in [6.07, 6.45) is 5.86. The molecule has 2 aromatic heterocycles. The van der Waals surface area contributed by atoms with Crippen LogP contribution in [0.2, 0.25) is 0 Å². The van der Waals surface area contributed by atoms with Crippen molar-refractivity contribution in [1.82, 2.24) is 15.0 Å². The van der Waals surface area contributed by atoms with Crippen LogP contribution in [0.4, 0.5) is 0 Å². The van der Waals surface area contributed by atoms with Crippen molar-refractivity contribution in [1.29, 1.82) is 0 Å². The fourth-order valence-corrected chi connectivity index (χ4v) is 1.81. The maximum atomic E-state index is 11.7. The normalized spacial score (nSPS) is 10.5. The Morgan fingerprint density at radius 1 is 1.29 bits per heavy atom. The van der Waals surface area contributed by atoms with Gasteiger partial charge in [-0.3, -0.25) is 9.78 Å². The summed E-state index contributed by atoms with van der Waals surface area (Å²) in [6, 6.07) is 3.91. The van der Waals surface area contributed by atoms with Crippen LogP contribution in [0.15, 0.2) is 34.5 Å². The highest BCUT2D eigenvalue weighted by Gasteiger charge is 2.03. The summed E-state index contributed by atoms with van der Waals surface area (Å²) in [7, 11) is 0. The zero-order chi connectivity index (χ0) is 12.3. The topological polar surface area (TPSA) is 58.6 Å². The molecule has 0 atom stereocenters. The van der Waals surface area contributed by atoms with E-state index in [2.05, 4.69) is 15.0 Å². The summed E-state index contributed by atoms with van der Waals surface area (Å²) in [5.41, 5.74) is 2.57. The van der Waals surface area contributed by atoms with Crippen molar-refractivity contribution in [2.75, 3.05) is 6.26 Å². The molecule has 0 radical (unpaired) electrons. The van der Waals surface area contributed by atoms with Gasteiger partial charge in [-0.2, -0.15) is 0 Å². The molecule has 2 aromatic rings. The van der Waals surface area contributed by atoms with Gasteiger partial charge in [-0.1, -0.05) is 17.8 Å². The first-order valence-corrected chi connectivity index (χ1v) is 6.45. The van der Waals surface area contributed by atoms with E-state index in [0.717, 1.165) is 11.3 Å². The zero-order valence-corrected chi connectivity index (χ0v) is 10.5. The van der Waals surface area contributed by atoms with Gasteiger partial charge in [0.15, 0.2) is 5.16 Å². The largest absolute Gasteiger partial charge is 0.301 e. The molecule has 0 unspecified atom stereocenters. The van der Waals surface area contributed by atoms with Crippen molar-refractivity contribution >= 4 is 11.8 Å². The predicted octanol–water partition coefficient (Wildman–Crippen LogP) is 1.79. The van der Waals surface area contributed by atoms with Crippen LogP contribution in [-0.4, -0.2) is 21.2 Å². The summed E-state index contributed by atoms with van der Waals surface area (Å²) in [6.45, 7) is 1.94. The molecule has 0 aliphatic rings. The Bertz CT molecular complexity index is 563. The molecule has 0 aromatic carbocycles. The lowest BCUT2D eigenvalue weighted by molar-refractivity contribution is 0.900. The summed E-state index contributed by atoms with van der Waals surface area (Å²) >= 11 is 1.42. The van der Waals surface area contributed by atoms with Gasteiger partial charge in [0.25, 0.3) is 5.56 Å². The van der Waals surface area contributed by atoms with Gasteiger partial charge < -0.3 is 4.98 Å². The number of thioether (sulfide) groups is 1. The van der Waals surface area contributed by atoms with Crippen LogP contribution in [0, 0.1) is 6.92 Å². The lowest BCUT2D eigenvalue weighted by atomic mass is 10.1. The molecule has 2 heterocycles. The number of rotatable bonds is 3. The molecule has 1 N–H and O–H groups in total. The van der Waals surface area contributed by atoms with E-state index in [0.29, 0.717) is 17.1 Å². The molecule has 88 valence electrons. The third kappa shape index (κ3) is 2.94. The second-order valence-electron chi connectivity index (χ2n) is 3.73. The Balaban J connectivity index is 2.24. The number of nitrogens with one attached hydrogen (secondary N) is 1. The fraction of sp³-hybridized carbons (Fsp3) is 0.250. The molecular weight excluding hydrogens is 234 g/mol. The van der Waals surface area contributed by atoms with Crippen molar-refractivity contribution in [2.24, 2.45) is 0 Å². The third-order valence-corrected chi connectivity index (χ3v) is 3.00. The lowest BCUT2D eigenvalue weighted by Gasteiger charge is -2.02. The molecule has 5 heteroatoms. The van der Waals surface area contributed by atoms with Crippen LogP contribution in [-0.2, 0) is 6.42 Å². The summed E-state index contributed by atoms with van der Waals surface area (Å²) in [4.78, 5) is 22.8. The minimum absolute atomic E-state index is 0.0788. The molecular formula is C12H13N3OS. The first-order valence-electron chi connectivity index (χ1n) is 5.23. The molecule has 0 saturated carbocycles. The highest BCUT2D eigenvalue weighted by atomic mass is 32.2. The van der Waals surface area contributed by atoms with Crippen LogP contribution in [0.1, 0.15) is 16.8 Å². The van der Waals surface area contributed by atoms with Gasteiger partial charge in [-0.15, -0.1) is 0 Å². The van der Waals surface area contributed by atoms with E-state index in [-0.39, 0.29) is 5.56 Å². The van der Waals surface area contributed by atoms with E-state index in [9.17, 15) is 4.79 Å². The van der Waals surface area contributed by atoms with E-state index in [4.69, 9.17) is 0 Å². The van der Waals surface area contributed by atoms with E-state index in [1.54, 1.807) is 12.4 Å². The van der Waals surface area contributed by atoms with Gasteiger partial charge in [0.2, 0.25) is 0 Å². The molecule has 4 nitrogen and oxygen atoms in total. The Morgan fingerprint density at radius 3 is 2.71 bits per heavy atom. The second-order valence-corrected chi connectivity index (χ2v) is 4.53. The molecule has 0 amide bonds. The molecule has 0 bridgehead atoms. The van der Waals surface area contributed by atoms with Crippen LogP contribution in [0.25, 0.3) is 0 Å². The number of aromatic amines is 1. The molecule has 0 fully saturated rings. The van der Waals surface area contributed by atoms with Crippen molar-refractivity contribution < 1.29 is 0 Å². The number of aryl methyl sites for hydroxylation is 1. The Labute approximate surface area is 104 Å². The maximum Gasteiger partial charge on any atom is 0.255 e. The second kappa shape index (κ2) is 5.14. The molecule has 0 saturated heterocycles. The average Bonchev–Trinajstić information content (AvgIpc) is 2.34. The fourth-order valence-electron chi connectivity index (χ4n) is 1.46. The quantitative estimate of drug-likeness (QED) is 0.663. The van der Waals surface area contributed by atoms with Crippen molar-refractivity contribution in [3.63, 3.8) is 0 Å². The van der Waals surface area contributed by atoms with Crippen LogP contribution in [0.3, 0.4) is 0 Å². The number of nitrogens with zero attached hydrogens (tertiary/aromatic N) is 2. The monoisotopic (exact) mass is 247 g/mol. The maximum absolute atomic E-state index is 11.7. The Kier molecular flexibility index (Phi) is 3.58. The summed E-state index contributed by atoms with van der Waals surface area (Å²) in [5, 5.41) is 0.640. The lowest BCUT2D eigenvalue weighted by Crippen LogP contribution is -2.14. The Morgan fingerprint density at radius 2 is 2.12 bits per heavy atom. The average molecular weight is 247 g/mol. The summed E-state index contributed by atoms with van der Waals surface area (Å²) in [5.74, 6) is 0. The predicted molar refractivity (Wildman–Crippen MR) is 68.4 cm³/mol. The van der Waals surface area contributed by atoms with Crippen molar-refractivity contribution in [3.8, 4) is 0 Å². The van der Waals surface area contributed by atoms with Gasteiger partial charge in [-0.05, 0) is 24.8 Å².